The van der Waals surface area contributed by atoms with E-state index in [4.69, 9.17) is 4.74 Å². The zero-order valence-electron chi connectivity index (χ0n) is 16.9. The average molecular weight is 446 g/mol. The number of carbonyl (C=O) groups is 1. The molecular formula is C21H23N3O4S2. The molecule has 0 bridgehead atoms. The molecule has 0 aliphatic carbocycles. The van der Waals surface area contributed by atoms with Crippen LogP contribution in [0, 0.1) is 0 Å². The number of thiazole rings is 1. The molecule has 1 aliphatic rings. The van der Waals surface area contributed by atoms with E-state index in [-0.39, 0.29) is 4.90 Å². The minimum atomic E-state index is -3.50. The molecule has 9 heteroatoms. The second-order valence-electron chi connectivity index (χ2n) is 7.02. The van der Waals surface area contributed by atoms with Crippen LogP contribution in [0.4, 0.5) is 0 Å². The number of fused-ring (bicyclic) bond motifs is 1. The number of benzene rings is 2. The Balaban J connectivity index is 1.66. The lowest BCUT2D eigenvalue weighted by Crippen LogP contribution is -2.27. The summed E-state index contributed by atoms with van der Waals surface area (Å²) in [6.07, 6.45) is 1.76. The summed E-state index contributed by atoms with van der Waals surface area (Å²) < 4.78 is 35.0. The maximum atomic E-state index is 12.7. The molecule has 0 radical (unpaired) electrons. The normalized spacial score (nSPS) is 15.7. The summed E-state index contributed by atoms with van der Waals surface area (Å²) in [6, 6.07) is 11.8. The molecular weight excluding hydrogens is 422 g/mol. The summed E-state index contributed by atoms with van der Waals surface area (Å²) in [5.74, 6) is 0.348. The lowest BCUT2D eigenvalue weighted by Gasteiger charge is -2.15. The maximum absolute atomic E-state index is 12.7. The highest BCUT2D eigenvalue weighted by atomic mass is 32.2. The fourth-order valence-corrected chi connectivity index (χ4v) is 6.21. The van der Waals surface area contributed by atoms with E-state index in [0.717, 1.165) is 28.8 Å². The third-order valence-electron chi connectivity index (χ3n) is 5.21. The van der Waals surface area contributed by atoms with Crippen LogP contribution in [0.25, 0.3) is 10.2 Å². The van der Waals surface area contributed by atoms with Crippen LogP contribution in [-0.2, 0) is 16.6 Å². The largest absolute Gasteiger partial charge is 0.497 e. The lowest BCUT2D eigenvalue weighted by molar-refractivity contribution is 0.0997. The van der Waals surface area contributed by atoms with E-state index in [2.05, 4.69) is 4.99 Å². The number of hydrogen-bond donors (Lipinski definition) is 0. The fraction of sp³-hybridized carbons (Fsp3) is 0.333. The number of aryl methyl sites for hydroxylation is 1. The number of amides is 1. The Morgan fingerprint density at radius 2 is 1.83 bits per heavy atom. The fourth-order valence-electron chi connectivity index (χ4n) is 3.57. The van der Waals surface area contributed by atoms with Crippen LogP contribution in [0.1, 0.15) is 30.1 Å². The van der Waals surface area contributed by atoms with Gasteiger partial charge >= 0.3 is 0 Å². The zero-order valence-corrected chi connectivity index (χ0v) is 18.5. The third kappa shape index (κ3) is 3.80. The predicted molar refractivity (Wildman–Crippen MR) is 116 cm³/mol. The molecule has 1 saturated heterocycles. The Labute approximate surface area is 179 Å². The molecule has 0 unspecified atom stereocenters. The first-order valence-corrected chi connectivity index (χ1v) is 12.1. The molecule has 1 aliphatic heterocycles. The minimum Gasteiger partial charge on any atom is -0.497 e. The van der Waals surface area contributed by atoms with E-state index in [9.17, 15) is 13.2 Å². The Kier molecular flexibility index (Phi) is 5.77. The Bertz CT molecular complexity index is 1250. The monoisotopic (exact) mass is 445 g/mol. The number of methoxy groups -OCH3 is 1. The lowest BCUT2D eigenvalue weighted by atomic mass is 10.2. The van der Waals surface area contributed by atoms with Crippen molar-refractivity contribution in [1.29, 1.82) is 0 Å². The second-order valence-corrected chi connectivity index (χ2v) is 9.96. The van der Waals surface area contributed by atoms with Crippen LogP contribution < -0.4 is 9.54 Å². The van der Waals surface area contributed by atoms with E-state index in [1.807, 2.05) is 29.7 Å². The van der Waals surface area contributed by atoms with Gasteiger partial charge in [-0.05, 0) is 62.2 Å². The van der Waals surface area contributed by atoms with Crippen LogP contribution >= 0.6 is 11.3 Å². The molecule has 3 aromatic rings. The van der Waals surface area contributed by atoms with Gasteiger partial charge in [0, 0.05) is 25.2 Å². The van der Waals surface area contributed by atoms with Crippen molar-refractivity contribution in [2.24, 2.45) is 4.99 Å². The minimum absolute atomic E-state index is 0.207. The molecule has 2 heterocycles. The Hall–Kier alpha value is -2.49. The molecule has 0 saturated carbocycles. The molecule has 0 atom stereocenters. The summed E-state index contributed by atoms with van der Waals surface area (Å²) in [4.78, 5) is 17.8. The number of carbonyl (C=O) groups excluding carboxylic acids is 1. The van der Waals surface area contributed by atoms with Gasteiger partial charge in [-0.25, -0.2) is 8.42 Å². The second kappa shape index (κ2) is 8.33. The van der Waals surface area contributed by atoms with E-state index >= 15 is 0 Å². The number of hydrogen-bond acceptors (Lipinski definition) is 5. The highest BCUT2D eigenvalue weighted by molar-refractivity contribution is 7.89. The third-order valence-corrected chi connectivity index (χ3v) is 8.16. The van der Waals surface area contributed by atoms with Crippen molar-refractivity contribution in [1.82, 2.24) is 8.87 Å². The number of ether oxygens (including phenoxy) is 1. The summed E-state index contributed by atoms with van der Waals surface area (Å²) in [6.45, 7) is 3.77. The van der Waals surface area contributed by atoms with Gasteiger partial charge in [-0.15, -0.1) is 0 Å². The van der Waals surface area contributed by atoms with Gasteiger partial charge in [0.1, 0.15) is 5.75 Å². The Morgan fingerprint density at radius 3 is 2.47 bits per heavy atom. The van der Waals surface area contributed by atoms with Crippen LogP contribution in [0.5, 0.6) is 5.75 Å². The summed E-state index contributed by atoms with van der Waals surface area (Å²) in [7, 11) is -1.88. The smallest absolute Gasteiger partial charge is 0.279 e. The standard InChI is InChI=1S/C21H23N3O4S2/c1-3-24-18-11-8-16(28-2)14-19(18)29-21(24)22-20(25)15-6-9-17(10-7-15)30(26,27)23-12-4-5-13-23/h6-11,14H,3-5,12-13H2,1-2H3. The van der Waals surface area contributed by atoms with Crippen molar-refractivity contribution in [3.8, 4) is 5.75 Å². The summed E-state index contributed by atoms with van der Waals surface area (Å²) >= 11 is 1.42. The molecule has 0 spiro atoms. The Morgan fingerprint density at radius 1 is 1.13 bits per heavy atom. The first-order chi connectivity index (χ1) is 14.4. The molecule has 0 N–H and O–H groups in total. The van der Waals surface area contributed by atoms with Gasteiger partial charge in [0.25, 0.3) is 5.91 Å². The molecule has 1 aromatic heterocycles. The van der Waals surface area contributed by atoms with Crippen LogP contribution in [0.2, 0.25) is 0 Å². The highest BCUT2D eigenvalue weighted by Crippen LogP contribution is 2.24. The summed E-state index contributed by atoms with van der Waals surface area (Å²) in [5.41, 5.74) is 1.34. The zero-order chi connectivity index (χ0) is 21.3. The quantitative estimate of drug-likeness (QED) is 0.604. The van der Waals surface area contributed by atoms with Crippen molar-refractivity contribution in [3.63, 3.8) is 0 Å². The van der Waals surface area contributed by atoms with Gasteiger partial charge in [0.05, 0.1) is 22.2 Å². The van der Waals surface area contributed by atoms with Crippen molar-refractivity contribution >= 4 is 37.5 Å². The number of aromatic nitrogens is 1. The van der Waals surface area contributed by atoms with E-state index < -0.39 is 15.9 Å². The van der Waals surface area contributed by atoms with Crippen LogP contribution in [-0.4, -0.2) is 43.4 Å². The SMILES string of the molecule is CCn1c(=NC(=O)c2ccc(S(=O)(=O)N3CCCC3)cc2)sc2cc(OC)ccc21. The van der Waals surface area contributed by atoms with Crippen molar-refractivity contribution in [2.45, 2.75) is 31.2 Å². The molecule has 2 aromatic carbocycles. The molecule has 30 heavy (non-hydrogen) atoms. The molecule has 4 rings (SSSR count). The summed E-state index contributed by atoms with van der Waals surface area (Å²) in [5, 5.41) is 0. The van der Waals surface area contributed by atoms with Crippen molar-refractivity contribution in [2.75, 3.05) is 20.2 Å². The first-order valence-electron chi connectivity index (χ1n) is 9.80. The molecule has 1 amide bonds. The van der Waals surface area contributed by atoms with Crippen LogP contribution in [0.3, 0.4) is 0 Å². The molecule has 7 nitrogen and oxygen atoms in total. The van der Waals surface area contributed by atoms with Crippen molar-refractivity contribution < 1.29 is 17.9 Å². The topological polar surface area (TPSA) is 81.0 Å². The predicted octanol–water partition coefficient (Wildman–Crippen LogP) is 3.26. The van der Waals surface area contributed by atoms with Gasteiger partial charge in [0.15, 0.2) is 4.80 Å². The van der Waals surface area contributed by atoms with E-state index in [0.29, 0.717) is 30.0 Å². The van der Waals surface area contributed by atoms with Gasteiger partial charge in [-0.3, -0.25) is 4.79 Å². The number of sulfonamides is 1. The average Bonchev–Trinajstić information content (AvgIpc) is 3.41. The molecule has 158 valence electrons. The van der Waals surface area contributed by atoms with Gasteiger partial charge < -0.3 is 9.30 Å². The van der Waals surface area contributed by atoms with Crippen molar-refractivity contribution in [3.05, 3.63) is 52.8 Å². The van der Waals surface area contributed by atoms with Gasteiger partial charge in [0.2, 0.25) is 10.0 Å². The van der Waals surface area contributed by atoms with E-state index in [1.54, 1.807) is 7.11 Å². The highest BCUT2D eigenvalue weighted by Gasteiger charge is 2.27. The van der Waals surface area contributed by atoms with Gasteiger partial charge in [-0.1, -0.05) is 11.3 Å². The first kappa shape index (κ1) is 20.8. The molecule has 1 fully saturated rings. The van der Waals surface area contributed by atoms with E-state index in [1.165, 1.54) is 39.9 Å². The maximum Gasteiger partial charge on any atom is 0.279 e. The van der Waals surface area contributed by atoms with Crippen LogP contribution in [0.15, 0.2) is 52.4 Å². The number of rotatable bonds is 5. The number of nitrogens with zero attached hydrogens (tertiary/aromatic N) is 3. The van der Waals surface area contributed by atoms with Gasteiger partial charge in [-0.2, -0.15) is 9.30 Å².